The number of nitrogens with zero attached hydrogens (tertiary/aromatic N) is 2. The summed E-state index contributed by atoms with van der Waals surface area (Å²) in [6.07, 6.45) is 2.74. The topological polar surface area (TPSA) is 60.9 Å². The summed E-state index contributed by atoms with van der Waals surface area (Å²) in [4.78, 5) is 2.46. The first-order chi connectivity index (χ1) is 13.4. The number of aliphatic hydroxyl groups is 1. The van der Waals surface area contributed by atoms with Gasteiger partial charge in [0.1, 0.15) is 0 Å². The van der Waals surface area contributed by atoms with Crippen molar-refractivity contribution in [2.45, 2.75) is 44.1 Å². The van der Waals surface area contributed by atoms with Crippen molar-refractivity contribution in [3.63, 3.8) is 0 Å². The number of likely N-dealkylation sites (tertiary alicyclic amines) is 1. The summed E-state index contributed by atoms with van der Waals surface area (Å²) in [5, 5.41) is 10.7. The third-order valence-corrected chi connectivity index (χ3v) is 7.00. The number of aryl methyl sites for hydroxylation is 2. The van der Waals surface area contributed by atoms with E-state index in [1.165, 1.54) is 10.7 Å². The van der Waals surface area contributed by atoms with E-state index in [0.717, 1.165) is 37.1 Å². The summed E-state index contributed by atoms with van der Waals surface area (Å²) < 4.78 is 28.1. The Balaban J connectivity index is 1.87. The van der Waals surface area contributed by atoms with Gasteiger partial charge >= 0.3 is 0 Å². The molecule has 0 amide bonds. The lowest BCUT2D eigenvalue weighted by Gasteiger charge is -2.32. The van der Waals surface area contributed by atoms with Crippen molar-refractivity contribution in [3.8, 4) is 0 Å². The number of benzene rings is 2. The second kappa shape index (κ2) is 9.07. The summed E-state index contributed by atoms with van der Waals surface area (Å²) in [6.45, 7) is 6.32. The minimum atomic E-state index is -3.77. The van der Waals surface area contributed by atoms with Crippen molar-refractivity contribution in [2.24, 2.45) is 0 Å². The van der Waals surface area contributed by atoms with Crippen LogP contribution >= 0.6 is 0 Å². The molecule has 6 heteroatoms. The minimum Gasteiger partial charge on any atom is -0.390 e. The molecule has 28 heavy (non-hydrogen) atoms. The first-order valence-electron chi connectivity index (χ1n) is 9.93. The Labute approximate surface area is 168 Å². The maximum absolute atomic E-state index is 13.4. The van der Waals surface area contributed by atoms with Crippen LogP contribution in [0, 0.1) is 13.8 Å². The molecule has 1 saturated heterocycles. The minimum absolute atomic E-state index is 0.0379. The van der Waals surface area contributed by atoms with Crippen LogP contribution in [0.3, 0.4) is 0 Å². The summed E-state index contributed by atoms with van der Waals surface area (Å²) in [6, 6.07) is 14.3. The molecule has 1 heterocycles. The van der Waals surface area contributed by atoms with Crippen LogP contribution in [-0.4, -0.2) is 50.7 Å². The van der Waals surface area contributed by atoms with Crippen LogP contribution in [0.4, 0.5) is 5.69 Å². The molecular weight excluding hydrogens is 372 g/mol. The average molecular weight is 403 g/mol. The molecule has 152 valence electrons. The second-order valence-electron chi connectivity index (χ2n) is 7.70. The van der Waals surface area contributed by atoms with Gasteiger partial charge in [-0.05, 0) is 69.6 Å². The zero-order valence-corrected chi connectivity index (χ0v) is 17.5. The van der Waals surface area contributed by atoms with Crippen LogP contribution in [0.15, 0.2) is 53.4 Å². The van der Waals surface area contributed by atoms with Crippen molar-refractivity contribution in [3.05, 3.63) is 59.7 Å². The molecule has 1 aliphatic heterocycles. The van der Waals surface area contributed by atoms with E-state index in [1.54, 1.807) is 30.3 Å². The van der Waals surface area contributed by atoms with Gasteiger partial charge in [-0.15, -0.1) is 0 Å². The predicted molar refractivity (Wildman–Crippen MR) is 113 cm³/mol. The molecule has 0 saturated carbocycles. The normalized spacial score (nSPS) is 16.7. The molecule has 0 aromatic heterocycles. The Morgan fingerprint density at radius 2 is 1.68 bits per heavy atom. The van der Waals surface area contributed by atoms with E-state index in [0.29, 0.717) is 12.2 Å². The van der Waals surface area contributed by atoms with Crippen molar-refractivity contribution < 1.29 is 13.5 Å². The summed E-state index contributed by atoms with van der Waals surface area (Å²) in [7, 11) is -3.77. The fourth-order valence-electron chi connectivity index (χ4n) is 3.65. The van der Waals surface area contributed by atoms with Gasteiger partial charge < -0.3 is 10.0 Å². The van der Waals surface area contributed by atoms with E-state index in [1.807, 2.05) is 32.0 Å². The van der Waals surface area contributed by atoms with Crippen molar-refractivity contribution in [1.82, 2.24) is 4.90 Å². The molecule has 1 N–H and O–H groups in total. The number of hydrogen-bond acceptors (Lipinski definition) is 4. The number of hydrogen-bond donors (Lipinski definition) is 1. The highest BCUT2D eigenvalue weighted by atomic mass is 32.2. The van der Waals surface area contributed by atoms with Crippen LogP contribution in [0.5, 0.6) is 0 Å². The first kappa shape index (κ1) is 20.8. The number of β-amino-alcohol motifs (C(OH)–C–C–N with tert-alkyl or cyclic N) is 1. The van der Waals surface area contributed by atoms with Crippen LogP contribution < -0.4 is 4.31 Å². The molecule has 1 unspecified atom stereocenters. The second-order valence-corrected chi connectivity index (χ2v) is 9.57. The highest BCUT2D eigenvalue weighted by Crippen LogP contribution is 2.25. The Kier molecular flexibility index (Phi) is 6.75. The summed E-state index contributed by atoms with van der Waals surface area (Å²) >= 11 is 0. The van der Waals surface area contributed by atoms with Gasteiger partial charge in [0.15, 0.2) is 0 Å². The first-order valence-corrected chi connectivity index (χ1v) is 11.4. The van der Waals surface area contributed by atoms with Crippen LogP contribution in [0.25, 0.3) is 0 Å². The zero-order valence-electron chi connectivity index (χ0n) is 16.7. The molecule has 2 aromatic carbocycles. The van der Waals surface area contributed by atoms with Gasteiger partial charge in [0, 0.05) is 6.54 Å². The molecule has 3 rings (SSSR count). The Morgan fingerprint density at radius 3 is 2.32 bits per heavy atom. The monoisotopic (exact) mass is 402 g/mol. The Bertz CT molecular complexity index is 875. The SMILES string of the molecule is Cc1ccc(S(=O)(=O)N(CC(O)CN2CCCCC2)c2cccc(C)c2)cc1. The smallest absolute Gasteiger partial charge is 0.264 e. The molecule has 1 fully saturated rings. The fraction of sp³-hybridized carbons (Fsp3) is 0.455. The molecule has 0 radical (unpaired) electrons. The van der Waals surface area contributed by atoms with Gasteiger partial charge in [0.05, 0.1) is 23.2 Å². The highest BCUT2D eigenvalue weighted by molar-refractivity contribution is 7.92. The van der Waals surface area contributed by atoms with Gasteiger partial charge in [-0.25, -0.2) is 8.42 Å². The number of anilines is 1. The lowest BCUT2D eigenvalue weighted by molar-refractivity contribution is 0.107. The van der Waals surface area contributed by atoms with Gasteiger partial charge in [0.2, 0.25) is 0 Å². The van der Waals surface area contributed by atoms with Gasteiger partial charge in [-0.2, -0.15) is 0 Å². The van der Waals surface area contributed by atoms with E-state index < -0.39 is 16.1 Å². The molecule has 2 aromatic rings. The number of sulfonamides is 1. The number of piperidine rings is 1. The van der Waals surface area contributed by atoms with Gasteiger partial charge in [0.25, 0.3) is 10.0 Å². The van der Waals surface area contributed by atoms with Gasteiger partial charge in [-0.3, -0.25) is 4.31 Å². The van der Waals surface area contributed by atoms with E-state index in [4.69, 9.17) is 0 Å². The Morgan fingerprint density at radius 1 is 1.00 bits per heavy atom. The van der Waals surface area contributed by atoms with E-state index >= 15 is 0 Å². The molecule has 0 spiro atoms. The maximum Gasteiger partial charge on any atom is 0.264 e. The van der Waals surface area contributed by atoms with Crippen molar-refractivity contribution in [1.29, 1.82) is 0 Å². The number of aliphatic hydroxyl groups excluding tert-OH is 1. The predicted octanol–water partition coefficient (Wildman–Crippen LogP) is 3.35. The largest absolute Gasteiger partial charge is 0.390 e. The number of rotatable bonds is 7. The van der Waals surface area contributed by atoms with E-state index in [-0.39, 0.29) is 11.4 Å². The Hall–Kier alpha value is -1.89. The maximum atomic E-state index is 13.4. The third-order valence-electron chi connectivity index (χ3n) is 5.19. The quantitative estimate of drug-likeness (QED) is 0.772. The van der Waals surface area contributed by atoms with Crippen LogP contribution in [-0.2, 0) is 10.0 Å². The molecule has 0 bridgehead atoms. The average Bonchev–Trinajstić information content (AvgIpc) is 2.67. The fourth-order valence-corrected chi connectivity index (χ4v) is 5.15. The summed E-state index contributed by atoms with van der Waals surface area (Å²) in [5.74, 6) is 0. The van der Waals surface area contributed by atoms with Crippen LogP contribution in [0.2, 0.25) is 0 Å². The standard InChI is InChI=1S/C22H30N2O3S/c1-18-9-11-22(12-10-18)28(26,27)24(20-8-6-7-19(2)15-20)17-21(25)16-23-13-4-3-5-14-23/h6-12,15,21,25H,3-5,13-14,16-17H2,1-2H3. The van der Waals surface area contributed by atoms with Crippen molar-refractivity contribution >= 4 is 15.7 Å². The lowest BCUT2D eigenvalue weighted by Crippen LogP contribution is -2.44. The van der Waals surface area contributed by atoms with E-state index in [2.05, 4.69) is 4.90 Å². The molecule has 1 aliphatic rings. The highest BCUT2D eigenvalue weighted by Gasteiger charge is 2.28. The molecular formula is C22H30N2O3S. The van der Waals surface area contributed by atoms with Crippen LogP contribution in [0.1, 0.15) is 30.4 Å². The molecule has 5 nitrogen and oxygen atoms in total. The zero-order chi connectivity index (χ0) is 20.1. The van der Waals surface area contributed by atoms with Gasteiger partial charge in [-0.1, -0.05) is 36.2 Å². The lowest BCUT2D eigenvalue weighted by atomic mass is 10.1. The summed E-state index contributed by atoms with van der Waals surface area (Å²) in [5.41, 5.74) is 2.57. The molecule has 1 atom stereocenters. The van der Waals surface area contributed by atoms with Crippen molar-refractivity contribution in [2.75, 3.05) is 30.5 Å². The third kappa shape index (κ3) is 5.13. The van der Waals surface area contributed by atoms with E-state index in [9.17, 15) is 13.5 Å². The molecule has 0 aliphatic carbocycles.